The van der Waals surface area contributed by atoms with Crippen molar-refractivity contribution in [3.63, 3.8) is 0 Å². The Morgan fingerprint density at radius 2 is 1.19 bits per heavy atom. The first-order chi connectivity index (χ1) is 12.2. The topological polar surface area (TPSA) is 88.5 Å². The van der Waals surface area contributed by atoms with Crippen LogP contribution in [0.25, 0.3) is 0 Å². The van der Waals surface area contributed by atoms with Gasteiger partial charge in [0, 0.05) is 5.02 Å². The summed E-state index contributed by atoms with van der Waals surface area (Å²) in [5.74, 6) is -0.524. The standard InChI is InChI=1S/C18H13ClO5S2/c19-13-6-8-15(9-7-13)25(21,22)16-10-11-17(20)18(12-16)26(23,24)14-4-2-1-3-5-14/h1-12,20H. The maximum absolute atomic E-state index is 12.8. The fraction of sp³-hybridized carbons (Fsp3) is 0. The van der Waals surface area contributed by atoms with Gasteiger partial charge in [-0.15, -0.1) is 0 Å². The molecule has 0 saturated carbocycles. The summed E-state index contributed by atoms with van der Waals surface area (Å²) in [6.07, 6.45) is 0. The fourth-order valence-electron chi connectivity index (χ4n) is 2.35. The van der Waals surface area contributed by atoms with Crippen molar-refractivity contribution in [3.8, 4) is 5.75 Å². The molecule has 134 valence electrons. The third-order valence-electron chi connectivity index (χ3n) is 3.71. The third kappa shape index (κ3) is 3.33. The first kappa shape index (κ1) is 18.4. The van der Waals surface area contributed by atoms with E-state index in [1.54, 1.807) is 6.07 Å². The third-order valence-corrected chi connectivity index (χ3v) is 7.53. The highest BCUT2D eigenvalue weighted by Gasteiger charge is 2.25. The zero-order chi connectivity index (χ0) is 18.9. The highest BCUT2D eigenvalue weighted by molar-refractivity contribution is 7.92. The van der Waals surface area contributed by atoms with Crippen molar-refractivity contribution in [1.29, 1.82) is 0 Å². The van der Waals surface area contributed by atoms with Crippen LogP contribution < -0.4 is 0 Å². The number of halogens is 1. The predicted molar refractivity (Wildman–Crippen MR) is 96.9 cm³/mol. The van der Waals surface area contributed by atoms with Crippen molar-refractivity contribution in [2.75, 3.05) is 0 Å². The lowest BCUT2D eigenvalue weighted by Crippen LogP contribution is -2.06. The molecule has 0 amide bonds. The van der Waals surface area contributed by atoms with Crippen molar-refractivity contribution < 1.29 is 21.9 Å². The van der Waals surface area contributed by atoms with Gasteiger partial charge in [-0.05, 0) is 54.6 Å². The van der Waals surface area contributed by atoms with Crippen LogP contribution in [0.5, 0.6) is 5.75 Å². The summed E-state index contributed by atoms with van der Waals surface area (Å²) in [5.41, 5.74) is 0. The minimum Gasteiger partial charge on any atom is -0.507 e. The van der Waals surface area contributed by atoms with Crippen molar-refractivity contribution in [1.82, 2.24) is 0 Å². The van der Waals surface area contributed by atoms with Gasteiger partial charge < -0.3 is 5.11 Å². The number of phenolic OH excluding ortho intramolecular Hbond substituents is 1. The molecular formula is C18H13ClO5S2. The lowest BCUT2D eigenvalue weighted by molar-refractivity contribution is 0.458. The Kier molecular flexibility index (Phi) is 4.79. The molecule has 0 fully saturated rings. The Morgan fingerprint density at radius 3 is 1.81 bits per heavy atom. The zero-order valence-electron chi connectivity index (χ0n) is 13.2. The molecule has 0 aliphatic rings. The second-order valence-corrected chi connectivity index (χ2v) is 9.71. The summed E-state index contributed by atoms with van der Waals surface area (Å²) >= 11 is 5.77. The van der Waals surface area contributed by atoms with Crippen LogP contribution in [0.3, 0.4) is 0 Å². The van der Waals surface area contributed by atoms with E-state index in [9.17, 15) is 21.9 Å². The molecule has 0 radical (unpaired) electrons. The quantitative estimate of drug-likeness (QED) is 0.710. The molecule has 0 aliphatic heterocycles. The molecule has 0 saturated heterocycles. The van der Waals surface area contributed by atoms with E-state index in [1.165, 1.54) is 48.5 Å². The molecule has 0 unspecified atom stereocenters. The monoisotopic (exact) mass is 408 g/mol. The minimum atomic E-state index is -4.08. The predicted octanol–water partition coefficient (Wildman–Crippen LogP) is 3.71. The van der Waals surface area contributed by atoms with Crippen LogP contribution >= 0.6 is 11.6 Å². The van der Waals surface area contributed by atoms with Gasteiger partial charge in [-0.1, -0.05) is 29.8 Å². The van der Waals surface area contributed by atoms with E-state index in [1.807, 2.05) is 0 Å². The van der Waals surface area contributed by atoms with Gasteiger partial charge in [0.25, 0.3) is 0 Å². The molecule has 3 aromatic rings. The van der Waals surface area contributed by atoms with Crippen LogP contribution in [0, 0.1) is 0 Å². The summed E-state index contributed by atoms with van der Waals surface area (Å²) in [7, 11) is -8.05. The van der Waals surface area contributed by atoms with Crippen molar-refractivity contribution in [2.24, 2.45) is 0 Å². The molecule has 5 nitrogen and oxygen atoms in total. The Bertz CT molecular complexity index is 1150. The van der Waals surface area contributed by atoms with Crippen LogP contribution in [-0.2, 0) is 19.7 Å². The fourth-order valence-corrected chi connectivity index (χ4v) is 5.24. The summed E-state index contributed by atoms with van der Waals surface area (Å²) < 4.78 is 51.0. The average Bonchev–Trinajstić information content (AvgIpc) is 2.63. The van der Waals surface area contributed by atoms with Gasteiger partial charge in [0.15, 0.2) is 0 Å². The van der Waals surface area contributed by atoms with Gasteiger partial charge >= 0.3 is 0 Å². The van der Waals surface area contributed by atoms with E-state index in [2.05, 4.69) is 0 Å². The molecular weight excluding hydrogens is 396 g/mol. The summed E-state index contributed by atoms with van der Waals surface area (Å²) in [4.78, 5) is -0.794. The molecule has 8 heteroatoms. The van der Waals surface area contributed by atoms with Crippen LogP contribution in [0.2, 0.25) is 5.02 Å². The van der Waals surface area contributed by atoms with Gasteiger partial charge in [-0.3, -0.25) is 0 Å². The second kappa shape index (κ2) is 6.75. The number of aromatic hydroxyl groups is 1. The van der Waals surface area contributed by atoms with Crippen LogP contribution in [-0.4, -0.2) is 21.9 Å². The Morgan fingerprint density at radius 1 is 0.654 bits per heavy atom. The van der Waals surface area contributed by atoms with Gasteiger partial charge in [-0.25, -0.2) is 16.8 Å². The SMILES string of the molecule is O=S(=O)(c1ccc(Cl)cc1)c1ccc(O)c(S(=O)(=O)c2ccccc2)c1. The highest BCUT2D eigenvalue weighted by Crippen LogP contribution is 2.32. The number of sulfone groups is 2. The molecule has 1 N–H and O–H groups in total. The van der Waals surface area contributed by atoms with Crippen molar-refractivity contribution in [3.05, 3.63) is 77.8 Å². The summed E-state index contributed by atoms with van der Waals surface area (Å²) in [6, 6.07) is 16.2. The molecule has 0 atom stereocenters. The number of rotatable bonds is 4. The minimum absolute atomic E-state index is 0.0318. The van der Waals surface area contributed by atoms with Gasteiger partial charge in [0.05, 0.1) is 14.7 Å². The van der Waals surface area contributed by atoms with E-state index in [-0.39, 0.29) is 14.7 Å². The molecule has 0 aromatic heterocycles. The smallest absolute Gasteiger partial charge is 0.210 e. The number of hydrogen-bond acceptors (Lipinski definition) is 5. The average molecular weight is 409 g/mol. The van der Waals surface area contributed by atoms with Gasteiger partial charge in [0.1, 0.15) is 10.6 Å². The van der Waals surface area contributed by atoms with E-state index in [0.29, 0.717) is 5.02 Å². The Balaban J connectivity index is 2.16. The lowest BCUT2D eigenvalue weighted by Gasteiger charge is -2.10. The molecule has 0 aliphatic carbocycles. The Hall–Kier alpha value is -2.35. The molecule has 0 heterocycles. The van der Waals surface area contributed by atoms with Crippen LogP contribution in [0.15, 0.2) is 92.4 Å². The number of phenols is 1. The van der Waals surface area contributed by atoms with Gasteiger partial charge in [-0.2, -0.15) is 0 Å². The van der Waals surface area contributed by atoms with Crippen LogP contribution in [0.4, 0.5) is 0 Å². The summed E-state index contributed by atoms with van der Waals surface area (Å²) in [5, 5.41) is 10.4. The maximum atomic E-state index is 12.8. The van der Waals surface area contributed by atoms with E-state index in [4.69, 9.17) is 11.6 Å². The first-order valence-electron chi connectivity index (χ1n) is 7.37. The number of benzene rings is 3. The molecule has 3 rings (SSSR count). The molecule has 0 spiro atoms. The van der Waals surface area contributed by atoms with Crippen molar-refractivity contribution >= 4 is 31.3 Å². The van der Waals surface area contributed by atoms with E-state index in [0.717, 1.165) is 18.2 Å². The van der Waals surface area contributed by atoms with Crippen LogP contribution in [0.1, 0.15) is 0 Å². The lowest BCUT2D eigenvalue weighted by atomic mass is 10.3. The summed E-state index contributed by atoms with van der Waals surface area (Å²) in [6.45, 7) is 0. The largest absolute Gasteiger partial charge is 0.507 e. The van der Waals surface area contributed by atoms with Gasteiger partial charge in [0.2, 0.25) is 19.7 Å². The normalized spacial score (nSPS) is 12.0. The second-order valence-electron chi connectivity index (χ2n) is 5.40. The first-order valence-corrected chi connectivity index (χ1v) is 10.7. The Labute approximate surface area is 156 Å². The molecule has 26 heavy (non-hydrogen) atoms. The van der Waals surface area contributed by atoms with Crippen molar-refractivity contribution in [2.45, 2.75) is 19.6 Å². The molecule has 0 bridgehead atoms. The molecule has 3 aromatic carbocycles. The maximum Gasteiger partial charge on any atom is 0.210 e. The highest BCUT2D eigenvalue weighted by atomic mass is 35.5. The van der Waals surface area contributed by atoms with E-state index < -0.39 is 30.3 Å². The zero-order valence-corrected chi connectivity index (χ0v) is 15.6. The number of hydrogen-bond donors (Lipinski definition) is 1. The van der Waals surface area contributed by atoms with E-state index >= 15 is 0 Å².